The molecule has 2 aliphatic rings. The maximum Gasteiger partial charge on any atom is 0.220 e. The topological polar surface area (TPSA) is 75.4 Å². The molecule has 2 fully saturated rings. The average molecular weight is 323 g/mol. The van der Waals surface area contributed by atoms with Gasteiger partial charge in [-0.3, -0.25) is 14.5 Å². The van der Waals surface area contributed by atoms with Crippen LogP contribution in [0.3, 0.4) is 0 Å². The lowest BCUT2D eigenvalue weighted by atomic mass is 9.94. The standard InChI is InChI=1S/C18H33N3O2/c1-2-7-14-12-21(15-8-4-3-5-9-15)13-16(14)20-18(23)11-6-10-17(19)22/h14-16H,2-13H2,1H3,(H2,19,22)(H,20,23)/t14-,16-/m0/s1. The summed E-state index contributed by atoms with van der Waals surface area (Å²) in [6, 6.07) is 0.998. The fourth-order valence-electron chi connectivity index (χ4n) is 4.18. The molecule has 0 unspecified atom stereocenters. The lowest BCUT2D eigenvalue weighted by molar-refractivity contribution is -0.122. The predicted octanol–water partition coefficient (Wildman–Crippen LogP) is 2.19. The lowest BCUT2D eigenvalue weighted by Crippen LogP contribution is -2.42. The number of rotatable bonds is 8. The zero-order chi connectivity index (χ0) is 16.7. The van der Waals surface area contributed by atoms with Gasteiger partial charge in [-0.15, -0.1) is 0 Å². The van der Waals surface area contributed by atoms with Gasteiger partial charge in [-0.2, -0.15) is 0 Å². The zero-order valence-corrected chi connectivity index (χ0v) is 14.6. The SMILES string of the molecule is CCC[C@H]1CN(C2CCCCC2)C[C@@H]1NC(=O)CCCC(N)=O. The molecule has 1 saturated carbocycles. The number of hydrogen-bond acceptors (Lipinski definition) is 3. The van der Waals surface area contributed by atoms with Gasteiger partial charge in [0, 0.05) is 38.0 Å². The van der Waals surface area contributed by atoms with E-state index in [1.807, 2.05) is 0 Å². The minimum atomic E-state index is -0.328. The zero-order valence-electron chi connectivity index (χ0n) is 14.6. The van der Waals surface area contributed by atoms with E-state index in [1.54, 1.807) is 0 Å². The lowest BCUT2D eigenvalue weighted by Gasteiger charge is -2.31. The highest BCUT2D eigenvalue weighted by molar-refractivity contribution is 5.78. The van der Waals surface area contributed by atoms with Gasteiger partial charge in [-0.25, -0.2) is 0 Å². The van der Waals surface area contributed by atoms with E-state index in [-0.39, 0.29) is 17.9 Å². The number of carbonyl (C=O) groups is 2. The largest absolute Gasteiger partial charge is 0.370 e. The van der Waals surface area contributed by atoms with Gasteiger partial charge in [0.1, 0.15) is 0 Å². The summed E-state index contributed by atoms with van der Waals surface area (Å²) in [5.41, 5.74) is 5.13. The first-order valence-electron chi connectivity index (χ1n) is 9.42. The van der Waals surface area contributed by atoms with Crippen molar-refractivity contribution >= 4 is 11.8 Å². The van der Waals surface area contributed by atoms with Crippen molar-refractivity contribution in [3.05, 3.63) is 0 Å². The summed E-state index contributed by atoms with van der Waals surface area (Å²) in [6.07, 6.45) is 10.3. The van der Waals surface area contributed by atoms with E-state index in [0.717, 1.165) is 25.6 Å². The summed E-state index contributed by atoms with van der Waals surface area (Å²) in [4.78, 5) is 25.5. The number of nitrogens with zero attached hydrogens (tertiary/aromatic N) is 1. The van der Waals surface area contributed by atoms with E-state index in [4.69, 9.17) is 5.73 Å². The minimum Gasteiger partial charge on any atom is -0.370 e. The van der Waals surface area contributed by atoms with Crippen molar-refractivity contribution < 1.29 is 9.59 Å². The third-order valence-corrected chi connectivity index (χ3v) is 5.39. The Hall–Kier alpha value is -1.10. The van der Waals surface area contributed by atoms with Gasteiger partial charge in [0.05, 0.1) is 0 Å². The molecule has 5 nitrogen and oxygen atoms in total. The van der Waals surface area contributed by atoms with Gasteiger partial charge in [-0.05, 0) is 31.6 Å². The number of amides is 2. The number of primary amides is 1. The van der Waals surface area contributed by atoms with Crippen LogP contribution in [0.25, 0.3) is 0 Å². The molecule has 0 aromatic carbocycles. The highest BCUT2D eigenvalue weighted by Crippen LogP contribution is 2.29. The van der Waals surface area contributed by atoms with Gasteiger partial charge in [0.2, 0.25) is 11.8 Å². The van der Waals surface area contributed by atoms with Crippen LogP contribution in [0.2, 0.25) is 0 Å². The normalized spacial score (nSPS) is 26.3. The molecule has 23 heavy (non-hydrogen) atoms. The second-order valence-corrected chi connectivity index (χ2v) is 7.29. The Balaban J connectivity index is 1.82. The Morgan fingerprint density at radius 1 is 1.13 bits per heavy atom. The van der Waals surface area contributed by atoms with E-state index in [1.165, 1.54) is 38.5 Å². The van der Waals surface area contributed by atoms with Crippen molar-refractivity contribution in [2.45, 2.75) is 83.2 Å². The van der Waals surface area contributed by atoms with Crippen LogP contribution in [0.5, 0.6) is 0 Å². The summed E-state index contributed by atoms with van der Waals surface area (Å²) in [5.74, 6) is 0.316. The summed E-state index contributed by atoms with van der Waals surface area (Å²) in [7, 11) is 0. The van der Waals surface area contributed by atoms with Crippen molar-refractivity contribution in [3.8, 4) is 0 Å². The van der Waals surface area contributed by atoms with Gasteiger partial charge in [0.25, 0.3) is 0 Å². The highest BCUT2D eigenvalue weighted by Gasteiger charge is 2.36. The van der Waals surface area contributed by atoms with Crippen LogP contribution >= 0.6 is 0 Å². The van der Waals surface area contributed by atoms with E-state index < -0.39 is 0 Å². The first kappa shape index (κ1) is 18.2. The summed E-state index contributed by atoms with van der Waals surface area (Å²) >= 11 is 0. The molecule has 1 heterocycles. The average Bonchev–Trinajstić information content (AvgIpc) is 2.91. The van der Waals surface area contributed by atoms with Crippen molar-refractivity contribution in [2.24, 2.45) is 11.7 Å². The number of nitrogens with one attached hydrogen (secondary N) is 1. The van der Waals surface area contributed by atoms with E-state index in [9.17, 15) is 9.59 Å². The molecule has 0 spiro atoms. The quantitative estimate of drug-likeness (QED) is 0.719. The van der Waals surface area contributed by atoms with Crippen molar-refractivity contribution in [1.29, 1.82) is 0 Å². The van der Waals surface area contributed by atoms with Crippen LogP contribution in [0.15, 0.2) is 0 Å². The minimum absolute atomic E-state index is 0.0721. The Bertz CT molecular complexity index is 394. The van der Waals surface area contributed by atoms with Crippen LogP contribution in [-0.2, 0) is 9.59 Å². The molecule has 0 bridgehead atoms. The Morgan fingerprint density at radius 2 is 1.87 bits per heavy atom. The van der Waals surface area contributed by atoms with Crippen molar-refractivity contribution in [2.75, 3.05) is 13.1 Å². The van der Waals surface area contributed by atoms with Gasteiger partial charge < -0.3 is 11.1 Å². The molecule has 5 heteroatoms. The second kappa shape index (κ2) is 9.26. The predicted molar refractivity (Wildman–Crippen MR) is 91.8 cm³/mol. The second-order valence-electron chi connectivity index (χ2n) is 7.29. The third kappa shape index (κ3) is 5.79. The number of carbonyl (C=O) groups excluding carboxylic acids is 2. The van der Waals surface area contributed by atoms with Crippen LogP contribution in [0, 0.1) is 5.92 Å². The molecule has 1 aliphatic heterocycles. The Morgan fingerprint density at radius 3 is 2.52 bits per heavy atom. The van der Waals surface area contributed by atoms with Crippen LogP contribution in [-0.4, -0.2) is 41.9 Å². The molecule has 3 N–H and O–H groups in total. The van der Waals surface area contributed by atoms with Crippen LogP contribution < -0.4 is 11.1 Å². The fourth-order valence-corrected chi connectivity index (χ4v) is 4.18. The molecule has 1 saturated heterocycles. The first-order chi connectivity index (χ1) is 11.1. The molecule has 0 radical (unpaired) electrons. The molecular formula is C18H33N3O2. The molecular weight excluding hydrogens is 290 g/mol. The number of hydrogen-bond donors (Lipinski definition) is 2. The van der Waals surface area contributed by atoms with Crippen LogP contribution in [0.1, 0.15) is 71.1 Å². The molecule has 132 valence electrons. The Kier molecular flexibility index (Phi) is 7.34. The number of nitrogens with two attached hydrogens (primary N) is 1. The van der Waals surface area contributed by atoms with Crippen molar-refractivity contribution in [1.82, 2.24) is 10.2 Å². The fraction of sp³-hybridized carbons (Fsp3) is 0.889. The van der Waals surface area contributed by atoms with E-state index in [0.29, 0.717) is 25.2 Å². The maximum atomic E-state index is 12.1. The molecule has 0 aromatic rings. The first-order valence-corrected chi connectivity index (χ1v) is 9.42. The summed E-state index contributed by atoms with van der Waals surface area (Å²) in [5, 5.41) is 3.22. The molecule has 0 aromatic heterocycles. The van der Waals surface area contributed by atoms with Crippen molar-refractivity contribution in [3.63, 3.8) is 0 Å². The van der Waals surface area contributed by atoms with E-state index in [2.05, 4.69) is 17.1 Å². The molecule has 1 aliphatic carbocycles. The Labute approximate surface area is 140 Å². The van der Waals surface area contributed by atoms with Gasteiger partial charge in [-0.1, -0.05) is 32.6 Å². The smallest absolute Gasteiger partial charge is 0.220 e. The summed E-state index contributed by atoms with van der Waals surface area (Å²) in [6.45, 7) is 4.34. The summed E-state index contributed by atoms with van der Waals surface area (Å²) < 4.78 is 0. The van der Waals surface area contributed by atoms with Crippen LogP contribution in [0.4, 0.5) is 0 Å². The van der Waals surface area contributed by atoms with E-state index >= 15 is 0 Å². The van der Waals surface area contributed by atoms with Gasteiger partial charge in [0.15, 0.2) is 0 Å². The molecule has 2 atom stereocenters. The molecule has 2 rings (SSSR count). The third-order valence-electron chi connectivity index (χ3n) is 5.39. The molecule has 2 amide bonds. The number of likely N-dealkylation sites (tertiary alicyclic amines) is 1. The highest BCUT2D eigenvalue weighted by atomic mass is 16.2. The van der Waals surface area contributed by atoms with Gasteiger partial charge >= 0.3 is 0 Å². The maximum absolute atomic E-state index is 12.1. The monoisotopic (exact) mass is 323 g/mol.